The van der Waals surface area contributed by atoms with Gasteiger partial charge in [0.2, 0.25) is 10.0 Å². The fourth-order valence-corrected chi connectivity index (χ4v) is 4.37. The fraction of sp³-hybridized carbons (Fsp3) is 0.500. The average Bonchev–Trinajstić information content (AvgIpc) is 3.24. The van der Waals surface area contributed by atoms with Gasteiger partial charge in [-0.15, -0.1) is 0 Å². The lowest BCUT2D eigenvalue weighted by molar-refractivity contribution is 0.189. The van der Waals surface area contributed by atoms with Gasteiger partial charge in [-0.25, -0.2) is 18.1 Å². The summed E-state index contributed by atoms with van der Waals surface area (Å²) in [5, 5.41) is 3.25. The maximum absolute atomic E-state index is 12.2. The van der Waals surface area contributed by atoms with Gasteiger partial charge in [-0.05, 0) is 24.5 Å². The minimum Gasteiger partial charge on any atom is -0.355 e. The molecule has 1 saturated heterocycles. The SMILES string of the molecule is CN=C(NCCNS(=O)(=O)c1cccnc1)N1CCC(C)C(n2ccnc2)C1. The van der Waals surface area contributed by atoms with Crippen LogP contribution in [-0.4, -0.2) is 67.0 Å². The quantitative estimate of drug-likeness (QED) is 0.417. The van der Waals surface area contributed by atoms with E-state index in [1.54, 1.807) is 25.5 Å². The minimum absolute atomic E-state index is 0.160. The molecule has 2 N–H and O–H groups in total. The zero-order valence-electron chi connectivity index (χ0n) is 16.2. The lowest BCUT2D eigenvalue weighted by atomic mass is 9.93. The molecular weight excluding hydrogens is 378 g/mol. The van der Waals surface area contributed by atoms with E-state index in [4.69, 9.17) is 0 Å². The number of aromatic nitrogens is 3. The van der Waals surface area contributed by atoms with Gasteiger partial charge in [0, 0.05) is 58.0 Å². The Morgan fingerprint density at radius 2 is 2.18 bits per heavy atom. The first-order chi connectivity index (χ1) is 13.5. The summed E-state index contributed by atoms with van der Waals surface area (Å²) < 4.78 is 29.2. The highest BCUT2D eigenvalue weighted by Gasteiger charge is 2.28. The summed E-state index contributed by atoms with van der Waals surface area (Å²) in [6, 6.07) is 3.45. The van der Waals surface area contributed by atoms with Crippen LogP contribution in [0.3, 0.4) is 0 Å². The highest BCUT2D eigenvalue weighted by atomic mass is 32.2. The maximum atomic E-state index is 12.2. The summed E-state index contributed by atoms with van der Waals surface area (Å²) in [6.45, 7) is 4.69. The van der Waals surface area contributed by atoms with Crippen LogP contribution in [0, 0.1) is 5.92 Å². The highest BCUT2D eigenvalue weighted by molar-refractivity contribution is 7.89. The normalized spacial score (nSPS) is 20.9. The molecule has 2 aromatic heterocycles. The molecule has 0 bridgehead atoms. The Bertz CT molecular complexity index is 869. The van der Waals surface area contributed by atoms with Crippen molar-refractivity contribution in [2.75, 3.05) is 33.2 Å². The fourth-order valence-electron chi connectivity index (χ4n) is 3.38. The summed E-state index contributed by atoms with van der Waals surface area (Å²) in [5.74, 6) is 1.33. The number of pyridine rings is 1. The molecule has 2 unspecified atom stereocenters. The number of nitrogens with one attached hydrogen (secondary N) is 2. The molecule has 3 rings (SSSR count). The minimum atomic E-state index is -3.55. The van der Waals surface area contributed by atoms with Gasteiger partial charge < -0.3 is 14.8 Å². The van der Waals surface area contributed by atoms with E-state index in [1.165, 1.54) is 12.3 Å². The number of aliphatic imine (C=N–C) groups is 1. The monoisotopic (exact) mass is 405 g/mol. The molecule has 3 heterocycles. The average molecular weight is 406 g/mol. The predicted octanol–water partition coefficient (Wildman–Crippen LogP) is 0.715. The van der Waals surface area contributed by atoms with E-state index in [-0.39, 0.29) is 11.4 Å². The summed E-state index contributed by atoms with van der Waals surface area (Å²) in [4.78, 5) is 14.7. The Hall–Kier alpha value is -2.46. The Morgan fingerprint density at radius 3 is 2.86 bits per heavy atom. The summed E-state index contributed by atoms with van der Waals surface area (Å²) in [6.07, 6.45) is 9.58. The molecule has 1 fully saturated rings. The maximum Gasteiger partial charge on any atom is 0.242 e. The molecule has 9 nitrogen and oxygen atoms in total. The molecular formula is C18H27N7O2S. The highest BCUT2D eigenvalue weighted by Crippen LogP contribution is 2.27. The van der Waals surface area contributed by atoms with Crippen molar-refractivity contribution in [3.63, 3.8) is 0 Å². The molecule has 10 heteroatoms. The van der Waals surface area contributed by atoms with Crippen LogP contribution in [0.1, 0.15) is 19.4 Å². The van der Waals surface area contributed by atoms with E-state index in [2.05, 4.69) is 41.4 Å². The van der Waals surface area contributed by atoms with Crippen LogP contribution < -0.4 is 10.0 Å². The summed E-state index contributed by atoms with van der Waals surface area (Å²) in [7, 11) is -1.81. The topological polar surface area (TPSA) is 105 Å². The zero-order chi connectivity index (χ0) is 20.0. The third-order valence-electron chi connectivity index (χ3n) is 4.98. The van der Waals surface area contributed by atoms with Crippen LogP contribution in [0.2, 0.25) is 0 Å². The largest absolute Gasteiger partial charge is 0.355 e. The van der Waals surface area contributed by atoms with Gasteiger partial charge in [0.1, 0.15) is 4.90 Å². The van der Waals surface area contributed by atoms with Crippen molar-refractivity contribution < 1.29 is 8.42 Å². The Balaban J connectivity index is 1.52. The van der Waals surface area contributed by atoms with Crippen molar-refractivity contribution in [1.82, 2.24) is 29.5 Å². The molecule has 28 heavy (non-hydrogen) atoms. The first-order valence-corrected chi connectivity index (χ1v) is 10.8. The van der Waals surface area contributed by atoms with Gasteiger partial charge in [0.05, 0.1) is 12.4 Å². The second-order valence-corrected chi connectivity index (χ2v) is 8.62. The van der Waals surface area contributed by atoms with Gasteiger partial charge in [-0.1, -0.05) is 6.92 Å². The number of hydrogen-bond acceptors (Lipinski definition) is 5. The van der Waals surface area contributed by atoms with E-state index in [9.17, 15) is 8.42 Å². The second-order valence-electron chi connectivity index (χ2n) is 6.85. The van der Waals surface area contributed by atoms with Gasteiger partial charge in [0.25, 0.3) is 0 Å². The number of piperidine rings is 1. The summed E-state index contributed by atoms with van der Waals surface area (Å²) in [5.41, 5.74) is 0. The molecule has 0 aromatic carbocycles. The molecule has 0 aliphatic carbocycles. The standard InChI is InChI=1S/C18H27N7O2S/c1-15-5-10-24(13-17(15)25-11-9-21-14-25)18(19-2)22-7-8-23-28(26,27)16-4-3-6-20-12-16/h3-4,6,9,11-12,14-15,17,23H,5,7-8,10,13H2,1-2H3,(H,19,22). The molecule has 0 spiro atoms. The Morgan fingerprint density at radius 1 is 1.32 bits per heavy atom. The van der Waals surface area contributed by atoms with Crippen LogP contribution in [0.25, 0.3) is 0 Å². The predicted molar refractivity (Wildman–Crippen MR) is 107 cm³/mol. The van der Waals surface area contributed by atoms with Crippen molar-refractivity contribution in [3.8, 4) is 0 Å². The zero-order valence-corrected chi connectivity index (χ0v) is 17.0. The molecule has 2 atom stereocenters. The molecule has 0 radical (unpaired) electrons. The number of nitrogens with zero attached hydrogens (tertiary/aromatic N) is 5. The molecule has 1 aliphatic rings. The van der Waals surface area contributed by atoms with Crippen LogP contribution in [0.15, 0.2) is 53.1 Å². The van der Waals surface area contributed by atoms with Gasteiger partial charge in [-0.3, -0.25) is 9.98 Å². The van der Waals surface area contributed by atoms with Crippen molar-refractivity contribution in [3.05, 3.63) is 43.2 Å². The van der Waals surface area contributed by atoms with Crippen LogP contribution in [0.5, 0.6) is 0 Å². The van der Waals surface area contributed by atoms with Gasteiger partial charge >= 0.3 is 0 Å². The van der Waals surface area contributed by atoms with E-state index in [1.807, 2.05) is 12.5 Å². The number of imidazole rings is 1. The van der Waals surface area contributed by atoms with Crippen LogP contribution in [0.4, 0.5) is 0 Å². The number of likely N-dealkylation sites (tertiary alicyclic amines) is 1. The molecule has 0 saturated carbocycles. The van der Waals surface area contributed by atoms with Crippen molar-refractivity contribution in [2.45, 2.75) is 24.3 Å². The second kappa shape index (κ2) is 9.16. The first kappa shape index (κ1) is 20.3. The molecule has 1 aliphatic heterocycles. The van der Waals surface area contributed by atoms with E-state index in [0.717, 1.165) is 25.5 Å². The van der Waals surface area contributed by atoms with Crippen molar-refractivity contribution >= 4 is 16.0 Å². The van der Waals surface area contributed by atoms with E-state index >= 15 is 0 Å². The van der Waals surface area contributed by atoms with Crippen LogP contribution >= 0.6 is 0 Å². The molecule has 152 valence electrons. The third kappa shape index (κ3) is 4.87. The third-order valence-corrected chi connectivity index (χ3v) is 6.43. The smallest absolute Gasteiger partial charge is 0.242 e. The number of guanidine groups is 1. The van der Waals surface area contributed by atoms with Crippen molar-refractivity contribution in [1.29, 1.82) is 0 Å². The first-order valence-electron chi connectivity index (χ1n) is 9.34. The van der Waals surface area contributed by atoms with Gasteiger partial charge in [-0.2, -0.15) is 0 Å². The number of sulfonamides is 1. The van der Waals surface area contributed by atoms with E-state index < -0.39 is 10.0 Å². The molecule has 2 aromatic rings. The summed E-state index contributed by atoms with van der Waals surface area (Å²) >= 11 is 0. The lowest BCUT2D eigenvalue weighted by Crippen LogP contribution is -2.50. The van der Waals surface area contributed by atoms with Gasteiger partial charge in [0.15, 0.2) is 5.96 Å². The number of rotatable bonds is 6. The Labute approximate surface area is 166 Å². The number of hydrogen-bond donors (Lipinski definition) is 2. The van der Waals surface area contributed by atoms with E-state index in [0.29, 0.717) is 18.5 Å². The van der Waals surface area contributed by atoms with Crippen molar-refractivity contribution in [2.24, 2.45) is 10.9 Å². The Kier molecular flexibility index (Phi) is 6.63. The molecule has 0 amide bonds. The lowest BCUT2D eigenvalue weighted by Gasteiger charge is -2.39. The van der Waals surface area contributed by atoms with Crippen LogP contribution in [-0.2, 0) is 10.0 Å².